The van der Waals surface area contributed by atoms with Gasteiger partial charge in [-0.25, -0.2) is 9.67 Å². The van der Waals surface area contributed by atoms with E-state index in [0.29, 0.717) is 13.2 Å². The topological polar surface area (TPSA) is 168 Å². The van der Waals surface area contributed by atoms with Gasteiger partial charge in [-0.05, 0) is 0 Å². The van der Waals surface area contributed by atoms with Crippen molar-refractivity contribution >= 4 is 5.91 Å². The highest BCUT2D eigenvalue weighted by atomic mass is 16.6. The van der Waals surface area contributed by atoms with Crippen molar-refractivity contribution in [2.45, 2.75) is 24.5 Å². The molecule has 1 amide bonds. The molecule has 1 aromatic heterocycles. The van der Waals surface area contributed by atoms with Crippen molar-refractivity contribution in [2.24, 2.45) is 0 Å². The number of aliphatic hydroxyl groups is 4. The van der Waals surface area contributed by atoms with E-state index in [4.69, 9.17) is 24.4 Å². The molecule has 0 aromatic carbocycles. The molecule has 12 nitrogen and oxygen atoms in total. The zero-order valence-electron chi connectivity index (χ0n) is 14.1. The van der Waals surface area contributed by atoms with Crippen molar-refractivity contribution in [3.8, 4) is 0 Å². The number of amides is 1. The molecule has 1 saturated heterocycles. The van der Waals surface area contributed by atoms with Crippen molar-refractivity contribution in [3.63, 3.8) is 0 Å². The lowest BCUT2D eigenvalue weighted by Crippen LogP contribution is -2.33. The predicted molar refractivity (Wildman–Crippen MR) is 84.1 cm³/mol. The van der Waals surface area contributed by atoms with Gasteiger partial charge in [0.25, 0.3) is 5.91 Å². The molecule has 5 N–H and O–H groups in total. The Morgan fingerprint density at radius 2 is 1.92 bits per heavy atom. The fraction of sp³-hybridized carbons (Fsp3) is 0.786. The van der Waals surface area contributed by atoms with Crippen LogP contribution in [0.15, 0.2) is 6.33 Å². The van der Waals surface area contributed by atoms with Crippen LogP contribution in [-0.4, -0.2) is 106 Å². The summed E-state index contributed by atoms with van der Waals surface area (Å²) in [5.74, 6) is -0.662. The van der Waals surface area contributed by atoms with Crippen LogP contribution in [-0.2, 0) is 14.2 Å². The molecule has 12 heteroatoms. The molecule has 0 unspecified atom stereocenters. The molecule has 1 aliphatic rings. The lowest BCUT2D eigenvalue weighted by molar-refractivity contribution is -0.0588. The van der Waals surface area contributed by atoms with Gasteiger partial charge in [0.1, 0.15) is 24.6 Å². The molecule has 0 saturated carbocycles. The number of hydrogen-bond donors (Lipinski definition) is 5. The highest BCUT2D eigenvalue weighted by molar-refractivity contribution is 5.90. The molecule has 1 aromatic rings. The molecule has 148 valence electrons. The van der Waals surface area contributed by atoms with E-state index in [1.807, 2.05) is 0 Å². The Morgan fingerprint density at radius 3 is 2.58 bits per heavy atom. The largest absolute Gasteiger partial charge is 0.394 e. The van der Waals surface area contributed by atoms with Gasteiger partial charge in [-0.3, -0.25) is 4.79 Å². The van der Waals surface area contributed by atoms with Gasteiger partial charge in [0, 0.05) is 6.54 Å². The fourth-order valence-corrected chi connectivity index (χ4v) is 2.30. The maximum atomic E-state index is 12.0. The maximum absolute atomic E-state index is 12.0. The molecule has 26 heavy (non-hydrogen) atoms. The summed E-state index contributed by atoms with van der Waals surface area (Å²) < 4.78 is 16.7. The van der Waals surface area contributed by atoms with Crippen molar-refractivity contribution < 1.29 is 39.4 Å². The highest BCUT2D eigenvalue weighted by Crippen LogP contribution is 2.28. The van der Waals surface area contributed by atoms with Crippen LogP contribution < -0.4 is 5.32 Å². The molecule has 1 aliphatic heterocycles. The SMILES string of the molecule is O=C(NCCOCCOCCO)c1ncn([C@@H]2O[C@H](CO)[C@@H](O)[C@H]2O)n1. The van der Waals surface area contributed by atoms with Crippen LogP contribution >= 0.6 is 0 Å². The average Bonchev–Trinajstić information content (AvgIpc) is 3.23. The average molecular weight is 376 g/mol. The molecular formula is C14H24N4O8. The summed E-state index contributed by atoms with van der Waals surface area (Å²) in [5, 5.41) is 43.8. The summed E-state index contributed by atoms with van der Waals surface area (Å²) in [7, 11) is 0. The standard InChI is InChI=1S/C14H24N4O8/c19-2-4-25-6-5-24-3-1-15-13(23)12-16-8-18(17-12)14-11(22)10(21)9(7-20)26-14/h8-11,14,19-22H,1-7H2,(H,15,23)/t9-,10-,11-,14-/m1/s1. The second kappa shape index (κ2) is 10.5. The van der Waals surface area contributed by atoms with Crippen LogP contribution in [0, 0.1) is 0 Å². The Morgan fingerprint density at radius 1 is 1.19 bits per heavy atom. The van der Waals surface area contributed by atoms with E-state index >= 15 is 0 Å². The Labute approximate surface area is 149 Å². The predicted octanol–water partition coefficient (Wildman–Crippen LogP) is -3.36. The minimum absolute atomic E-state index is 0.0434. The minimum Gasteiger partial charge on any atom is -0.394 e. The zero-order valence-corrected chi connectivity index (χ0v) is 14.1. The first kappa shape index (κ1) is 20.6. The zero-order chi connectivity index (χ0) is 18.9. The molecule has 0 spiro atoms. The summed E-state index contributed by atoms with van der Waals surface area (Å²) >= 11 is 0. The van der Waals surface area contributed by atoms with E-state index in [1.54, 1.807) is 0 Å². The van der Waals surface area contributed by atoms with Gasteiger partial charge in [0.15, 0.2) is 6.23 Å². The number of aromatic nitrogens is 3. The van der Waals surface area contributed by atoms with Crippen LogP contribution in [0.4, 0.5) is 0 Å². The number of nitrogens with one attached hydrogen (secondary N) is 1. The molecule has 1 fully saturated rings. The number of carbonyl (C=O) groups excluding carboxylic acids is 1. The molecule has 2 heterocycles. The molecule has 0 aliphatic carbocycles. The van der Waals surface area contributed by atoms with Crippen LogP contribution in [0.5, 0.6) is 0 Å². The molecular weight excluding hydrogens is 352 g/mol. The maximum Gasteiger partial charge on any atom is 0.291 e. The van der Waals surface area contributed by atoms with E-state index in [0.717, 1.165) is 4.68 Å². The minimum atomic E-state index is -1.30. The van der Waals surface area contributed by atoms with Gasteiger partial charge in [-0.15, -0.1) is 5.10 Å². The van der Waals surface area contributed by atoms with Crippen molar-refractivity contribution in [2.75, 3.05) is 46.2 Å². The van der Waals surface area contributed by atoms with E-state index < -0.39 is 37.1 Å². The smallest absolute Gasteiger partial charge is 0.291 e. The fourth-order valence-electron chi connectivity index (χ4n) is 2.30. The van der Waals surface area contributed by atoms with Crippen LogP contribution in [0.25, 0.3) is 0 Å². The Kier molecular flexibility index (Phi) is 8.31. The number of hydrogen-bond acceptors (Lipinski definition) is 10. The van der Waals surface area contributed by atoms with E-state index in [1.165, 1.54) is 6.33 Å². The summed E-state index contributed by atoms with van der Waals surface area (Å²) in [5.41, 5.74) is 0. The van der Waals surface area contributed by atoms with Gasteiger partial charge in [0.2, 0.25) is 5.82 Å². The first-order valence-electron chi connectivity index (χ1n) is 8.16. The van der Waals surface area contributed by atoms with Crippen molar-refractivity contribution in [3.05, 3.63) is 12.2 Å². The summed E-state index contributed by atoms with van der Waals surface area (Å²) in [6.07, 6.45) is -3.34. The van der Waals surface area contributed by atoms with Crippen LogP contribution in [0.3, 0.4) is 0 Å². The van der Waals surface area contributed by atoms with Gasteiger partial charge in [-0.2, -0.15) is 0 Å². The Bertz CT molecular complexity index is 557. The number of rotatable bonds is 11. The molecule has 0 bridgehead atoms. The Balaban J connectivity index is 1.72. The lowest BCUT2D eigenvalue weighted by atomic mass is 10.1. The van der Waals surface area contributed by atoms with Gasteiger partial charge >= 0.3 is 0 Å². The number of nitrogens with zero attached hydrogens (tertiary/aromatic N) is 3. The second-order valence-electron chi connectivity index (χ2n) is 5.48. The van der Waals surface area contributed by atoms with E-state index in [2.05, 4.69) is 15.4 Å². The van der Waals surface area contributed by atoms with Gasteiger partial charge < -0.3 is 40.0 Å². The van der Waals surface area contributed by atoms with Crippen LogP contribution in [0.1, 0.15) is 16.8 Å². The molecule has 2 rings (SSSR count). The summed E-state index contributed by atoms with van der Waals surface area (Å²) in [6.45, 7) is 0.952. The second-order valence-corrected chi connectivity index (χ2v) is 5.48. The Hall–Kier alpha value is -1.67. The summed E-state index contributed by atoms with van der Waals surface area (Å²) in [6, 6.07) is 0. The van der Waals surface area contributed by atoms with Crippen molar-refractivity contribution in [1.82, 2.24) is 20.1 Å². The van der Waals surface area contributed by atoms with Gasteiger partial charge in [-0.1, -0.05) is 0 Å². The molecule has 4 atom stereocenters. The quantitative estimate of drug-likeness (QED) is 0.246. The summed E-state index contributed by atoms with van der Waals surface area (Å²) in [4.78, 5) is 15.8. The molecule has 0 radical (unpaired) electrons. The highest BCUT2D eigenvalue weighted by Gasteiger charge is 2.44. The number of aliphatic hydroxyl groups excluding tert-OH is 4. The third kappa shape index (κ3) is 5.41. The normalized spacial score (nSPS) is 25.5. The first-order valence-corrected chi connectivity index (χ1v) is 8.16. The lowest BCUT2D eigenvalue weighted by Gasteiger charge is -2.13. The first-order chi connectivity index (χ1) is 12.6. The van der Waals surface area contributed by atoms with Crippen molar-refractivity contribution in [1.29, 1.82) is 0 Å². The number of ether oxygens (including phenoxy) is 3. The van der Waals surface area contributed by atoms with Crippen LogP contribution in [0.2, 0.25) is 0 Å². The third-order valence-corrected chi connectivity index (χ3v) is 3.63. The number of carbonyl (C=O) groups is 1. The van der Waals surface area contributed by atoms with E-state index in [9.17, 15) is 15.0 Å². The monoisotopic (exact) mass is 376 g/mol. The third-order valence-electron chi connectivity index (χ3n) is 3.63. The van der Waals surface area contributed by atoms with Gasteiger partial charge in [0.05, 0.1) is 39.6 Å². The van der Waals surface area contributed by atoms with E-state index in [-0.39, 0.29) is 32.2 Å².